The summed E-state index contributed by atoms with van der Waals surface area (Å²) < 4.78 is 25.5. The van der Waals surface area contributed by atoms with Crippen LogP contribution in [0.3, 0.4) is 0 Å². The van der Waals surface area contributed by atoms with Crippen molar-refractivity contribution in [2.24, 2.45) is 29.6 Å². The van der Waals surface area contributed by atoms with E-state index in [1.165, 1.54) is 32.1 Å². The lowest BCUT2D eigenvalue weighted by Crippen LogP contribution is -2.37. The Morgan fingerprint density at radius 2 is 1.61 bits per heavy atom. The normalized spacial score (nSPS) is 36.4. The Balaban J connectivity index is 1.33. The van der Waals surface area contributed by atoms with E-state index in [0.29, 0.717) is 36.4 Å². The van der Waals surface area contributed by atoms with Crippen LogP contribution in [0.15, 0.2) is 12.2 Å². The average molecular weight is 437 g/mol. The third kappa shape index (κ3) is 7.05. The van der Waals surface area contributed by atoms with E-state index in [0.717, 1.165) is 57.3 Å². The second-order valence-electron chi connectivity index (χ2n) is 10.4. The number of esters is 1. The lowest BCUT2D eigenvalue weighted by molar-refractivity contribution is -0.139. The van der Waals surface area contributed by atoms with E-state index in [1.54, 1.807) is 6.92 Å². The highest BCUT2D eigenvalue weighted by molar-refractivity contribution is 5.86. The largest absolute Gasteiger partial charge is 0.465 e. The van der Waals surface area contributed by atoms with Crippen molar-refractivity contribution in [1.29, 1.82) is 0 Å². The van der Waals surface area contributed by atoms with Gasteiger partial charge in [0.1, 0.15) is 12.3 Å². The van der Waals surface area contributed by atoms with Crippen LogP contribution in [-0.2, 0) is 19.1 Å². The van der Waals surface area contributed by atoms with Crippen LogP contribution in [-0.4, -0.2) is 31.3 Å². The minimum absolute atomic E-state index is 0.0523. The summed E-state index contributed by atoms with van der Waals surface area (Å²) in [5.41, 5.74) is 0.459. The van der Waals surface area contributed by atoms with Crippen LogP contribution in [0.2, 0.25) is 0 Å². The summed E-state index contributed by atoms with van der Waals surface area (Å²) in [6.07, 6.45) is 13.1. The Bertz CT molecular complexity index is 590. The topological polar surface area (TPSA) is 52.6 Å². The molecular formula is C26H41FO4. The Labute approximate surface area is 187 Å². The number of hydrogen-bond acceptors (Lipinski definition) is 4. The summed E-state index contributed by atoms with van der Waals surface area (Å²) in [7, 11) is 0. The molecule has 3 fully saturated rings. The number of carbonyl (C=O) groups excluding carboxylic acids is 2. The summed E-state index contributed by atoms with van der Waals surface area (Å²) in [4.78, 5) is 22.0. The molecule has 0 spiro atoms. The molecule has 3 unspecified atom stereocenters. The van der Waals surface area contributed by atoms with Crippen LogP contribution in [0.4, 0.5) is 4.39 Å². The van der Waals surface area contributed by atoms with Crippen LogP contribution in [0.5, 0.6) is 0 Å². The molecule has 0 radical (unpaired) electrons. The number of halogens is 1. The molecule has 0 bridgehead atoms. The molecule has 5 heteroatoms. The zero-order chi connectivity index (χ0) is 22.2. The lowest BCUT2D eigenvalue weighted by Gasteiger charge is -2.42. The molecule has 3 aliphatic carbocycles. The minimum atomic E-state index is -0.659. The van der Waals surface area contributed by atoms with Crippen LogP contribution in [0.1, 0.15) is 90.4 Å². The van der Waals surface area contributed by atoms with E-state index in [9.17, 15) is 9.59 Å². The molecule has 0 N–H and O–H groups in total. The van der Waals surface area contributed by atoms with Gasteiger partial charge in [-0.25, -0.2) is 9.18 Å². The summed E-state index contributed by atoms with van der Waals surface area (Å²) in [6, 6.07) is 0. The van der Waals surface area contributed by atoms with Crippen molar-refractivity contribution in [3.8, 4) is 0 Å². The van der Waals surface area contributed by atoms with Crippen molar-refractivity contribution in [2.45, 2.75) is 103 Å². The minimum Gasteiger partial charge on any atom is -0.465 e. The molecule has 4 nitrogen and oxygen atoms in total. The number of carbonyl (C=O) groups is 2. The molecular weight excluding hydrogens is 395 g/mol. The third-order valence-corrected chi connectivity index (χ3v) is 8.33. The number of ether oxygens (including phenoxy) is 2. The highest BCUT2D eigenvalue weighted by atomic mass is 19.1. The van der Waals surface area contributed by atoms with Crippen LogP contribution in [0.25, 0.3) is 0 Å². The van der Waals surface area contributed by atoms with Gasteiger partial charge in [0.05, 0.1) is 6.61 Å². The molecule has 3 atom stereocenters. The molecule has 0 aromatic heterocycles. The van der Waals surface area contributed by atoms with Gasteiger partial charge in [0, 0.05) is 5.57 Å². The van der Waals surface area contributed by atoms with Crippen molar-refractivity contribution in [2.75, 3.05) is 6.61 Å². The summed E-state index contributed by atoms with van der Waals surface area (Å²) >= 11 is 0. The second kappa shape index (κ2) is 12.0. The standard InChI is InChI=1S/C26H41FO4/c1-18(2)26(29)30-15-3-4-19-5-7-20(8-6-19)22-11-14-24(25(27)16-22)21-9-12-23(13-10-21)31-17-28/h17,19-25H,1,3-16H2,2H3. The Morgan fingerprint density at radius 3 is 2.23 bits per heavy atom. The zero-order valence-corrected chi connectivity index (χ0v) is 19.2. The maximum absolute atomic E-state index is 15.2. The van der Waals surface area contributed by atoms with Crippen LogP contribution in [0, 0.1) is 29.6 Å². The highest BCUT2D eigenvalue weighted by Crippen LogP contribution is 2.47. The van der Waals surface area contributed by atoms with Gasteiger partial charge in [-0.3, -0.25) is 4.79 Å². The molecule has 0 aliphatic heterocycles. The number of hydrogen-bond donors (Lipinski definition) is 0. The lowest BCUT2D eigenvalue weighted by atomic mass is 9.64. The molecule has 3 aliphatic rings. The van der Waals surface area contributed by atoms with E-state index in [2.05, 4.69) is 6.58 Å². The zero-order valence-electron chi connectivity index (χ0n) is 19.2. The van der Waals surface area contributed by atoms with Crippen molar-refractivity contribution >= 4 is 12.4 Å². The fraction of sp³-hybridized carbons (Fsp3) is 0.846. The predicted octanol–water partition coefficient (Wildman–Crippen LogP) is 6.18. The van der Waals surface area contributed by atoms with Crippen molar-refractivity contribution in [3.63, 3.8) is 0 Å². The monoisotopic (exact) mass is 436 g/mol. The molecule has 0 amide bonds. The fourth-order valence-corrected chi connectivity index (χ4v) is 6.47. The van der Waals surface area contributed by atoms with Gasteiger partial charge in [0.25, 0.3) is 6.47 Å². The van der Waals surface area contributed by atoms with Gasteiger partial charge in [0.2, 0.25) is 0 Å². The predicted molar refractivity (Wildman–Crippen MR) is 119 cm³/mol. The summed E-state index contributed by atoms with van der Waals surface area (Å²) in [5, 5.41) is 0. The van der Waals surface area contributed by atoms with Crippen LogP contribution >= 0.6 is 0 Å². The van der Waals surface area contributed by atoms with E-state index in [-0.39, 0.29) is 18.0 Å². The maximum Gasteiger partial charge on any atom is 0.333 e. The molecule has 0 aromatic carbocycles. The van der Waals surface area contributed by atoms with Gasteiger partial charge in [-0.05, 0) is 107 Å². The molecule has 3 rings (SSSR count). The third-order valence-electron chi connectivity index (χ3n) is 8.33. The van der Waals surface area contributed by atoms with E-state index < -0.39 is 6.17 Å². The van der Waals surface area contributed by atoms with E-state index in [4.69, 9.17) is 9.47 Å². The molecule has 176 valence electrons. The average Bonchev–Trinajstić information content (AvgIpc) is 2.78. The first-order valence-corrected chi connectivity index (χ1v) is 12.5. The fourth-order valence-electron chi connectivity index (χ4n) is 6.47. The van der Waals surface area contributed by atoms with Crippen LogP contribution < -0.4 is 0 Å². The summed E-state index contributed by atoms with van der Waals surface area (Å²) in [5.74, 6) is 2.36. The Morgan fingerprint density at radius 1 is 0.968 bits per heavy atom. The van der Waals surface area contributed by atoms with Crippen molar-refractivity contribution < 1.29 is 23.5 Å². The summed E-state index contributed by atoms with van der Waals surface area (Å²) in [6.45, 7) is 6.33. The van der Waals surface area contributed by atoms with Gasteiger partial charge in [-0.1, -0.05) is 19.4 Å². The quantitative estimate of drug-likeness (QED) is 0.187. The number of alkyl halides is 1. The van der Waals surface area contributed by atoms with Gasteiger partial charge in [-0.2, -0.15) is 0 Å². The van der Waals surface area contributed by atoms with Crippen molar-refractivity contribution in [3.05, 3.63) is 12.2 Å². The van der Waals surface area contributed by atoms with Gasteiger partial charge >= 0.3 is 5.97 Å². The van der Waals surface area contributed by atoms with Gasteiger partial charge in [0.15, 0.2) is 0 Å². The second-order valence-corrected chi connectivity index (χ2v) is 10.4. The smallest absolute Gasteiger partial charge is 0.333 e. The highest BCUT2D eigenvalue weighted by Gasteiger charge is 2.40. The SMILES string of the molecule is C=C(C)C(=O)OCCCC1CCC(C2CCC(C3CCC(OC=O)CC3)C(F)C2)CC1. The van der Waals surface area contributed by atoms with Gasteiger partial charge in [-0.15, -0.1) is 0 Å². The van der Waals surface area contributed by atoms with Crippen molar-refractivity contribution in [1.82, 2.24) is 0 Å². The first-order chi connectivity index (χ1) is 15.0. The first kappa shape index (κ1) is 24.3. The van der Waals surface area contributed by atoms with Gasteiger partial charge < -0.3 is 9.47 Å². The molecule has 0 saturated heterocycles. The Hall–Kier alpha value is -1.39. The van der Waals surface area contributed by atoms with E-state index in [1.807, 2.05) is 0 Å². The molecule has 31 heavy (non-hydrogen) atoms. The van der Waals surface area contributed by atoms with E-state index >= 15 is 4.39 Å². The number of rotatable bonds is 9. The first-order valence-electron chi connectivity index (χ1n) is 12.5. The molecule has 3 saturated carbocycles. The maximum atomic E-state index is 15.2. The molecule has 0 heterocycles. The molecule has 0 aromatic rings. The Kier molecular flexibility index (Phi) is 9.40.